The van der Waals surface area contributed by atoms with E-state index in [9.17, 15) is 10.1 Å². The summed E-state index contributed by atoms with van der Waals surface area (Å²) in [5, 5.41) is 19.5. The number of methoxy groups -OCH3 is 1. The van der Waals surface area contributed by atoms with Gasteiger partial charge in [0.15, 0.2) is 0 Å². The average molecular weight is 262 g/mol. The van der Waals surface area contributed by atoms with Gasteiger partial charge in [-0.3, -0.25) is 10.1 Å². The summed E-state index contributed by atoms with van der Waals surface area (Å²) < 4.78 is 5.32. The fraction of sp³-hybridized carbons (Fsp3) is 0.250. The first-order valence-corrected chi connectivity index (χ1v) is 4.51. The Balaban J connectivity index is 3.35. The lowest BCUT2D eigenvalue weighted by Gasteiger charge is -2.05. The molecule has 0 spiro atoms. The van der Waals surface area contributed by atoms with E-state index in [0.717, 1.165) is 0 Å². The van der Waals surface area contributed by atoms with E-state index in [1.807, 2.05) is 0 Å². The number of hydrogen-bond donors (Lipinski definition) is 1. The zero-order chi connectivity index (χ0) is 10.7. The smallest absolute Gasteiger partial charge is 0.312 e. The van der Waals surface area contributed by atoms with Gasteiger partial charge < -0.3 is 9.84 Å². The zero-order valence-corrected chi connectivity index (χ0v) is 8.94. The Labute approximate surface area is 88.6 Å². The van der Waals surface area contributed by atoms with Gasteiger partial charge in [0, 0.05) is 6.07 Å². The van der Waals surface area contributed by atoms with E-state index >= 15 is 0 Å². The van der Waals surface area contributed by atoms with Crippen molar-refractivity contribution in [1.29, 1.82) is 0 Å². The van der Waals surface area contributed by atoms with Crippen molar-refractivity contribution in [3.63, 3.8) is 0 Å². The van der Waals surface area contributed by atoms with Crippen LogP contribution < -0.4 is 4.74 Å². The van der Waals surface area contributed by atoms with Gasteiger partial charge in [0.25, 0.3) is 0 Å². The molecule has 1 N–H and O–H groups in total. The molecule has 5 nitrogen and oxygen atoms in total. The molecular formula is C8H8BrNO4. The maximum absolute atomic E-state index is 10.6. The number of aliphatic hydroxyl groups is 1. The molecule has 0 heterocycles. The lowest BCUT2D eigenvalue weighted by molar-refractivity contribution is -0.385. The monoisotopic (exact) mass is 261 g/mol. The fourth-order valence-electron chi connectivity index (χ4n) is 1.06. The third kappa shape index (κ3) is 2.02. The van der Waals surface area contributed by atoms with Crippen LogP contribution in [-0.4, -0.2) is 17.1 Å². The predicted molar refractivity (Wildman–Crippen MR) is 53.3 cm³/mol. The highest BCUT2D eigenvalue weighted by atomic mass is 79.9. The van der Waals surface area contributed by atoms with E-state index in [1.165, 1.54) is 13.2 Å². The summed E-state index contributed by atoms with van der Waals surface area (Å²) in [6.45, 7) is -0.247. The number of nitro groups is 1. The molecule has 14 heavy (non-hydrogen) atoms. The van der Waals surface area contributed by atoms with Gasteiger partial charge in [-0.1, -0.05) is 0 Å². The number of rotatable bonds is 3. The second-order valence-electron chi connectivity index (χ2n) is 2.55. The standard InChI is InChI=1S/C8H8BrNO4/c1-14-8-6(9)2-5(4-11)3-7(8)10(12)13/h2-3,11H,4H2,1H3. The maximum Gasteiger partial charge on any atom is 0.312 e. The van der Waals surface area contributed by atoms with Crippen molar-refractivity contribution >= 4 is 21.6 Å². The Morgan fingerprint density at radius 1 is 1.64 bits per heavy atom. The van der Waals surface area contributed by atoms with Crippen molar-refractivity contribution in [3.8, 4) is 5.75 Å². The molecular weight excluding hydrogens is 254 g/mol. The van der Waals surface area contributed by atoms with Crippen LogP contribution in [0, 0.1) is 10.1 Å². The Bertz CT molecular complexity index is 367. The first-order valence-electron chi connectivity index (χ1n) is 3.71. The third-order valence-electron chi connectivity index (χ3n) is 1.67. The third-order valence-corrected chi connectivity index (χ3v) is 2.26. The number of nitro benzene ring substituents is 1. The SMILES string of the molecule is COc1c(Br)cc(CO)cc1[N+](=O)[O-]. The number of benzene rings is 1. The Morgan fingerprint density at radius 2 is 2.29 bits per heavy atom. The second-order valence-corrected chi connectivity index (χ2v) is 3.40. The molecule has 0 saturated carbocycles. The van der Waals surface area contributed by atoms with E-state index in [2.05, 4.69) is 15.9 Å². The van der Waals surface area contributed by atoms with Crippen LogP contribution in [0.2, 0.25) is 0 Å². The Morgan fingerprint density at radius 3 is 2.71 bits per heavy atom. The molecule has 1 aromatic rings. The molecule has 0 atom stereocenters. The molecule has 0 aromatic heterocycles. The van der Waals surface area contributed by atoms with E-state index in [4.69, 9.17) is 9.84 Å². The van der Waals surface area contributed by atoms with Crippen LogP contribution in [0.25, 0.3) is 0 Å². The van der Waals surface area contributed by atoms with E-state index in [-0.39, 0.29) is 18.0 Å². The second kappa shape index (κ2) is 4.39. The lowest BCUT2D eigenvalue weighted by atomic mass is 10.2. The molecule has 0 saturated heterocycles. The minimum Gasteiger partial charge on any atom is -0.489 e. The summed E-state index contributed by atoms with van der Waals surface area (Å²) in [6, 6.07) is 2.86. The summed E-state index contributed by atoms with van der Waals surface area (Å²) >= 11 is 3.13. The van der Waals surface area contributed by atoms with E-state index in [0.29, 0.717) is 10.0 Å². The molecule has 0 aliphatic rings. The van der Waals surface area contributed by atoms with Gasteiger partial charge in [0.2, 0.25) is 5.75 Å². The van der Waals surface area contributed by atoms with E-state index < -0.39 is 4.92 Å². The van der Waals surface area contributed by atoms with Crippen LogP contribution in [0.1, 0.15) is 5.56 Å². The highest BCUT2D eigenvalue weighted by molar-refractivity contribution is 9.10. The molecule has 0 aliphatic carbocycles. The van der Waals surface area contributed by atoms with Crippen LogP contribution in [-0.2, 0) is 6.61 Å². The average Bonchev–Trinajstić information content (AvgIpc) is 2.16. The predicted octanol–water partition coefficient (Wildman–Crippen LogP) is 1.86. The van der Waals surface area contributed by atoms with Gasteiger partial charge in [0.05, 0.1) is 23.1 Å². The molecule has 0 bridgehead atoms. The molecule has 76 valence electrons. The minimum absolute atomic E-state index is 0.159. The van der Waals surface area contributed by atoms with Crippen molar-refractivity contribution in [3.05, 3.63) is 32.3 Å². The molecule has 0 aliphatic heterocycles. The van der Waals surface area contributed by atoms with Crippen molar-refractivity contribution in [2.24, 2.45) is 0 Å². The highest BCUT2D eigenvalue weighted by Gasteiger charge is 2.18. The fourth-order valence-corrected chi connectivity index (χ4v) is 1.72. The van der Waals surface area contributed by atoms with Crippen LogP contribution in [0.15, 0.2) is 16.6 Å². The molecule has 6 heteroatoms. The number of nitrogens with zero attached hydrogens (tertiary/aromatic N) is 1. The summed E-state index contributed by atoms with van der Waals surface area (Å²) in [7, 11) is 1.35. The van der Waals surface area contributed by atoms with Gasteiger partial charge in [-0.15, -0.1) is 0 Å². The summed E-state index contributed by atoms with van der Waals surface area (Å²) in [4.78, 5) is 10.1. The molecule has 1 rings (SSSR count). The minimum atomic E-state index is -0.553. The van der Waals surface area contributed by atoms with Crippen molar-refractivity contribution < 1.29 is 14.8 Å². The van der Waals surface area contributed by atoms with E-state index in [1.54, 1.807) is 6.07 Å². The number of halogens is 1. The highest BCUT2D eigenvalue weighted by Crippen LogP contribution is 2.35. The maximum atomic E-state index is 10.6. The number of ether oxygens (including phenoxy) is 1. The largest absolute Gasteiger partial charge is 0.489 e. The zero-order valence-electron chi connectivity index (χ0n) is 7.36. The molecule has 1 aromatic carbocycles. The Kier molecular flexibility index (Phi) is 3.43. The number of aliphatic hydroxyl groups excluding tert-OH is 1. The lowest BCUT2D eigenvalue weighted by Crippen LogP contribution is -1.96. The Hall–Kier alpha value is -1.14. The van der Waals surface area contributed by atoms with Gasteiger partial charge in [-0.05, 0) is 27.6 Å². The van der Waals surface area contributed by atoms with Gasteiger partial charge in [0.1, 0.15) is 0 Å². The summed E-state index contributed by atoms with van der Waals surface area (Å²) in [5.74, 6) is 0.159. The van der Waals surface area contributed by atoms with Gasteiger partial charge in [-0.25, -0.2) is 0 Å². The summed E-state index contributed by atoms with van der Waals surface area (Å²) in [6.07, 6.45) is 0. The first-order chi connectivity index (χ1) is 6.60. The quantitative estimate of drug-likeness (QED) is 0.666. The van der Waals surface area contributed by atoms with Crippen LogP contribution in [0.3, 0.4) is 0 Å². The molecule has 0 fully saturated rings. The van der Waals surface area contributed by atoms with Gasteiger partial charge >= 0.3 is 5.69 Å². The topological polar surface area (TPSA) is 72.6 Å². The first kappa shape index (κ1) is 10.9. The molecule has 0 amide bonds. The summed E-state index contributed by atoms with van der Waals surface area (Å²) in [5.41, 5.74) is 0.301. The van der Waals surface area contributed by atoms with Crippen LogP contribution in [0.5, 0.6) is 5.75 Å². The normalized spacial score (nSPS) is 9.93. The molecule has 0 radical (unpaired) electrons. The van der Waals surface area contributed by atoms with Crippen LogP contribution in [0.4, 0.5) is 5.69 Å². The van der Waals surface area contributed by atoms with Crippen molar-refractivity contribution in [1.82, 2.24) is 0 Å². The molecule has 0 unspecified atom stereocenters. The number of hydrogen-bond acceptors (Lipinski definition) is 4. The van der Waals surface area contributed by atoms with Crippen molar-refractivity contribution in [2.45, 2.75) is 6.61 Å². The van der Waals surface area contributed by atoms with Crippen molar-refractivity contribution in [2.75, 3.05) is 7.11 Å². The van der Waals surface area contributed by atoms with Crippen LogP contribution >= 0.6 is 15.9 Å². The van der Waals surface area contributed by atoms with Gasteiger partial charge in [-0.2, -0.15) is 0 Å².